The van der Waals surface area contributed by atoms with Crippen molar-refractivity contribution < 1.29 is 5.11 Å². The molecule has 1 saturated carbocycles. The first kappa shape index (κ1) is 13.0. The van der Waals surface area contributed by atoms with Gasteiger partial charge in [0.2, 0.25) is 0 Å². The minimum atomic E-state index is -0.507. The van der Waals surface area contributed by atoms with Gasteiger partial charge < -0.3 is 5.11 Å². The van der Waals surface area contributed by atoms with Gasteiger partial charge in [-0.1, -0.05) is 27.7 Å². The first-order valence-electron chi connectivity index (χ1n) is 6.52. The highest BCUT2D eigenvalue weighted by molar-refractivity contribution is 7.09. The van der Waals surface area contributed by atoms with Crippen LogP contribution in [0, 0.1) is 5.92 Å². The van der Waals surface area contributed by atoms with Crippen LogP contribution in [0.5, 0.6) is 0 Å². The molecule has 96 valence electrons. The molecule has 1 fully saturated rings. The molecule has 0 bridgehead atoms. The molecular formula is C14H23NOS. The lowest BCUT2D eigenvalue weighted by Gasteiger charge is -2.25. The highest BCUT2D eigenvalue weighted by Crippen LogP contribution is 2.43. The summed E-state index contributed by atoms with van der Waals surface area (Å²) in [4.78, 5) is 4.68. The average Bonchev–Trinajstić information content (AvgIpc) is 2.99. The summed E-state index contributed by atoms with van der Waals surface area (Å²) in [6, 6.07) is 0. The molecule has 1 atom stereocenters. The van der Waals surface area contributed by atoms with E-state index in [4.69, 9.17) is 0 Å². The Morgan fingerprint density at radius 2 is 2.06 bits per heavy atom. The highest BCUT2D eigenvalue weighted by atomic mass is 32.1. The Bertz CT molecular complexity index is 389. The number of hydrogen-bond acceptors (Lipinski definition) is 3. The van der Waals surface area contributed by atoms with Gasteiger partial charge in [-0.15, -0.1) is 11.3 Å². The van der Waals surface area contributed by atoms with Gasteiger partial charge in [-0.05, 0) is 25.2 Å². The quantitative estimate of drug-likeness (QED) is 0.890. The first-order valence-corrected chi connectivity index (χ1v) is 7.40. The molecule has 2 nitrogen and oxygen atoms in total. The smallest absolute Gasteiger partial charge is 0.0957 e. The normalized spacial score (nSPS) is 20.3. The second-order valence-electron chi connectivity index (χ2n) is 6.28. The van der Waals surface area contributed by atoms with Crippen molar-refractivity contribution in [2.45, 2.75) is 64.4 Å². The Labute approximate surface area is 108 Å². The molecule has 1 aliphatic carbocycles. The van der Waals surface area contributed by atoms with Crippen LogP contribution in [0.4, 0.5) is 0 Å². The van der Waals surface area contributed by atoms with E-state index in [9.17, 15) is 5.11 Å². The maximum Gasteiger partial charge on any atom is 0.0957 e. The first-order chi connectivity index (χ1) is 7.85. The lowest BCUT2D eigenvalue weighted by atomic mass is 9.90. The molecule has 1 unspecified atom stereocenters. The predicted molar refractivity (Wildman–Crippen MR) is 72.5 cm³/mol. The summed E-state index contributed by atoms with van der Waals surface area (Å²) in [7, 11) is 0. The van der Waals surface area contributed by atoms with Gasteiger partial charge in [0.05, 0.1) is 16.3 Å². The van der Waals surface area contributed by atoms with Crippen LogP contribution in [-0.4, -0.2) is 15.7 Å². The van der Waals surface area contributed by atoms with Crippen molar-refractivity contribution in [2.75, 3.05) is 0 Å². The summed E-state index contributed by atoms with van der Waals surface area (Å²) in [5.74, 6) is 0.509. The molecule has 0 spiro atoms. The van der Waals surface area contributed by atoms with Gasteiger partial charge in [0.1, 0.15) is 0 Å². The molecule has 0 amide bonds. The lowest BCUT2D eigenvalue weighted by Crippen LogP contribution is -2.33. The van der Waals surface area contributed by atoms with Crippen LogP contribution < -0.4 is 0 Å². The monoisotopic (exact) mass is 253 g/mol. The van der Waals surface area contributed by atoms with Crippen LogP contribution in [0.1, 0.15) is 57.7 Å². The summed E-state index contributed by atoms with van der Waals surface area (Å²) >= 11 is 1.69. The van der Waals surface area contributed by atoms with Gasteiger partial charge in [-0.3, -0.25) is 0 Å². The van der Waals surface area contributed by atoms with Crippen LogP contribution in [0.15, 0.2) is 5.38 Å². The van der Waals surface area contributed by atoms with E-state index < -0.39 is 5.60 Å². The Morgan fingerprint density at radius 1 is 1.41 bits per heavy atom. The molecule has 3 heteroatoms. The molecule has 1 heterocycles. The summed E-state index contributed by atoms with van der Waals surface area (Å²) in [6.07, 6.45) is 3.93. The molecule has 1 N–H and O–H groups in total. The second-order valence-corrected chi connectivity index (χ2v) is 7.23. The van der Waals surface area contributed by atoms with Crippen LogP contribution in [0.3, 0.4) is 0 Å². The fourth-order valence-corrected chi connectivity index (χ4v) is 3.32. The molecule has 0 aliphatic heterocycles. The zero-order valence-electron chi connectivity index (χ0n) is 11.3. The molecule has 0 radical (unpaired) electrons. The maximum absolute atomic E-state index is 10.6. The fourth-order valence-electron chi connectivity index (χ4n) is 2.18. The minimum absolute atomic E-state index is 0.110. The lowest BCUT2D eigenvalue weighted by molar-refractivity contribution is 0.0138. The molecule has 17 heavy (non-hydrogen) atoms. The van der Waals surface area contributed by atoms with Gasteiger partial charge >= 0.3 is 0 Å². The third-order valence-corrected chi connectivity index (χ3v) is 4.58. The van der Waals surface area contributed by atoms with E-state index in [0.29, 0.717) is 5.92 Å². The van der Waals surface area contributed by atoms with E-state index in [0.717, 1.165) is 23.5 Å². The van der Waals surface area contributed by atoms with Crippen molar-refractivity contribution in [3.63, 3.8) is 0 Å². The van der Waals surface area contributed by atoms with Crippen LogP contribution in [0.2, 0.25) is 0 Å². The van der Waals surface area contributed by atoms with Crippen LogP contribution >= 0.6 is 11.3 Å². The number of aromatic nitrogens is 1. The SMILES string of the molecule is CCC(O)(Cc1nc(C(C)(C)C)cs1)C1CC1. The third kappa shape index (κ3) is 2.89. The van der Waals surface area contributed by atoms with Crippen molar-refractivity contribution in [1.29, 1.82) is 0 Å². The zero-order chi connectivity index (χ0) is 12.7. The number of nitrogens with zero attached hydrogens (tertiary/aromatic N) is 1. The van der Waals surface area contributed by atoms with Crippen molar-refractivity contribution in [2.24, 2.45) is 5.92 Å². The number of aliphatic hydroxyl groups is 1. The zero-order valence-corrected chi connectivity index (χ0v) is 12.1. The van der Waals surface area contributed by atoms with Gasteiger partial charge in [-0.2, -0.15) is 0 Å². The Hall–Kier alpha value is -0.410. The molecule has 1 aromatic rings. The topological polar surface area (TPSA) is 33.1 Å². The predicted octanol–water partition coefficient (Wildman–Crippen LogP) is 3.53. The van der Waals surface area contributed by atoms with Gasteiger partial charge in [0, 0.05) is 17.2 Å². The Morgan fingerprint density at radius 3 is 2.47 bits per heavy atom. The molecule has 2 rings (SSSR count). The van der Waals surface area contributed by atoms with E-state index in [1.807, 2.05) is 0 Å². The number of thiazole rings is 1. The van der Waals surface area contributed by atoms with Gasteiger partial charge in [0.25, 0.3) is 0 Å². The highest BCUT2D eigenvalue weighted by Gasteiger charge is 2.42. The minimum Gasteiger partial charge on any atom is -0.389 e. The van der Waals surface area contributed by atoms with Crippen molar-refractivity contribution in [3.05, 3.63) is 16.1 Å². The summed E-state index contributed by atoms with van der Waals surface area (Å²) < 4.78 is 0. The molecule has 1 aromatic heterocycles. The summed E-state index contributed by atoms with van der Waals surface area (Å²) in [5.41, 5.74) is 0.748. The molecule has 1 aliphatic rings. The van der Waals surface area contributed by atoms with Crippen molar-refractivity contribution in [3.8, 4) is 0 Å². The van der Waals surface area contributed by atoms with Gasteiger partial charge in [0.15, 0.2) is 0 Å². The molecular weight excluding hydrogens is 230 g/mol. The van der Waals surface area contributed by atoms with Crippen LogP contribution in [-0.2, 0) is 11.8 Å². The third-order valence-electron chi connectivity index (χ3n) is 3.73. The molecule has 0 saturated heterocycles. The van der Waals surface area contributed by atoms with E-state index in [1.165, 1.54) is 12.8 Å². The van der Waals surface area contributed by atoms with E-state index in [2.05, 4.69) is 38.1 Å². The average molecular weight is 253 g/mol. The Kier molecular flexibility index (Phi) is 3.34. The number of rotatable bonds is 4. The molecule has 0 aromatic carbocycles. The standard InChI is InChI=1S/C14H23NOS/c1-5-14(16,10-6-7-10)8-12-15-11(9-17-12)13(2,3)4/h9-10,16H,5-8H2,1-4H3. The maximum atomic E-state index is 10.6. The Balaban J connectivity index is 2.10. The van der Waals surface area contributed by atoms with Crippen molar-refractivity contribution >= 4 is 11.3 Å². The fraction of sp³-hybridized carbons (Fsp3) is 0.786. The summed E-state index contributed by atoms with van der Waals surface area (Å²) in [5, 5.41) is 13.8. The number of hydrogen-bond donors (Lipinski definition) is 1. The van der Waals surface area contributed by atoms with Crippen LogP contribution in [0.25, 0.3) is 0 Å². The van der Waals surface area contributed by atoms with Crippen molar-refractivity contribution in [1.82, 2.24) is 4.98 Å². The van der Waals surface area contributed by atoms with Gasteiger partial charge in [-0.25, -0.2) is 4.98 Å². The largest absolute Gasteiger partial charge is 0.389 e. The summed E-state index contributed by atoms with van der Waals surface area (Å²) in [6.45, 7) is 8.62. The second kappa shape index (κ2) is 4.36. The van der Waals surface area contributed by atoms with E-state index in [-0.39, 0.29) is 5.41 Å². The van der Waals surface area contributed by atoms with E-state index >= 15 is 0 Å². The van der Waals surface area contributed by atoms with E-state index in [1.54, 1.807) is 11.3 Å².